The van der Waals surface area contributed by atoms with Crippen molar-refractivity contribution in [2.45, 2.75) is 13.2 Å². The van der Waals surface area contributed by atoms with Gasteiger partial charge in [0.2, 0.25) is 0 Å². The number of carbonyl (C=O) groups excluding carboxylic acids is 1. The van der Waals surface area contributed by atoms with Gasteiger partial charge >= 0.3 is 6.61 Å². The van der Waals surface area contributed by atoms with Crippen LogP contribution in [0.5, 0.6) is 5.75 Å². The second-order valence-corrected chi connectivity index (χ2v) is 6.89. The van der Waals surface area contributed by atoms with Gasteiger partial charge in [0.25, 0.3) is 5.91 Å². The average Bonchev–Trinajstić information content (AvgIpc) is 2.64. The van der Waals surface area contributed by atoms with E-state index in [9.17, 15) is 13.6 Å². The molecule has 0 unspecified atom stereocenters. The van der Waals surface area contributed by atoms with Crippen molar-refractivity contribution in [3.05, 3.63) is 64.1 Å². The number of rotatable bonds is 5. The maximum Gasteiger partial charge on any atom is 0.387 e. The highest BCUT2D eigenvalue weighted by Crippen LogP contribution is 2.23. The van der Waals surface area contributed by atoms with E-state index in [4.69, 9.17) is 0 Å². The lowest BCUT2D eigenvalue weighted by Crippen LogP contribution is -2.48. The molecular weight excluding hydrogens is 406 g/mol. The van der Waals surface area contributed by atoms with Crippen molar-refractivity contribution in [3.8, 4) is 5.75 Å². The molecule has 1 heterocycles. The maximum atomic E-state index is 12.7. The Bertz CT molecular complexity index is 765. The van der Waals surface area contributed by atoms with Crippen LogP contribution in [0.1, 0.15) is 15.9 Å². The van der Waals surface area contributed by atoms with Crippen molar-refractivity contribution in [2.24, 2.45) is 0 Å². The number of carbonyl (C=O) groups is 1. The Hall–Kier alpha value is -1.99. The van der Waals surface area contributed by atoms with Crippen LogP contribution < -0.4 is 4.74 Å². The minimum absolute atomic E-state index is 0.0804. The topological polar surface area (TPSA) is 32.8 Å². The predicted molar refractivity (Wildman–Crippen MR) is 98.4 cm³/mol. The highest BCUT2D eigenvalue weighted by Gasteiger charge is 2.25. The summed E-state index contributed by atoms with van der Waals surface area (Å²) < 4.78 is 30.6. The molecule has 0 aromatic heterocycles. The third kappa shape index (κ3) is 4.59. The Labute approximate surface area is 159 Å². The van der Waals surface area contributed by atoms with Gasteiger partial charge in [-0.05, 0) is 23.8 Å². The Morgan fingerprint density at radius 3 is 2.38 bits per heavy atom. The summed E-state index contributed by atoms with van der Waals surface area (Å²) in [6.45, 7) is 0.397. The van der Waals surface area contributed by atoms with Gasteiger partial charge in [0.1, 0.15) is 5.75 Å². The summed E-state index contributed by atoms with van der Waals surface area (Å²) >= 11 is 3.55. The molecular formula is C19H19BrF2N2O2. The normalized spacial score (nSPS) is 15.3. The van der Waals surface area contributed by atoms with Gasteiger partial charge in [0.05, 0.1) is 5.56 Å². The molecule has 0 N–H and O–H groups in total. The summed E-state index contributed by atoms with van der Waals surface area (Å²) in [5, 5.41) is 0. The molecule has 0 saturated carbocycles. The minimum atomic E-state index is -2.95. The number of nitrogens with zero attached hydrogens (tertiary/aromatic N) is 2. The van der Waals surface area contributed by atoms with Crippen molar-refractivity contribution in [3.63, 3.8) is 0 Å². The summed E-state index contributed by atoms with van der Waals surface area (Å²) in [5.41, 5.74) is 1.37. The number of alkyl halides is 2. The van der Waals surface area contributed by atoms with E-state index >= 15 is 0 Å². The van der Waals surface area contributed by atoms with Gasteiger partial charge in [0, 0.05) is 37.2 Å². The standard InChI is InChI=1S/C19H19BrF2N2O2/c20-16-7-3-1-5-14(16)13-23-9-11-24(12-10-23)18(25)15-6-2-4-8-17(15)26-19(21)22/h1-8,19H,9-13H2. The molecule has 2 aromatic rings. The molecule has 0 spiro atoms. The average molecular weight is 425 g/mol. The highest BCUT2D eigenvalue weighted by atomic mass is 79.9. The first kappa shape index (κ1) is 18.8. The molecule has 4 nitrogen and oxygen atoms in total. The molecule has 1 aliphatic heterocycles. The molecule has 7 heteroatoms. The van der Waals surface area contributed by atoms with E-state index in [1.165, 1.54) is 17.7 Å². The molecule has 3 rings (SSSR count). The second kappa shape index (κ2) is 8.60. The fourth-order valence-corrected chi connectivity index (χ4v) is 3.40. The minimum Gasteiger partial charge on any atom is -0.434 e. The Kier molecular flexibility index (Phi) is 6.21. The van der Waals surface area contributed by atoms with Crippen LogP contribution in [0.4, 0.5) is 8.78 Å². The van der Waals surface area contributed by atoms with E-state index in [1.54, 1.807) is 17.0 Å². The molecule has 1 amide bonds. The van der Waals surface area contributed by atoms with Crippen LogP contribution in [0.3, 0.4) is 0 Å². The van der Waals surface area contributed by atoms with Gasteiger partial charge in [-0.3, -0.25) is 9.69 Å². The monoisotopic (exact) mass is 424 g/mol. The third-order valence-corrected chi connectivity index (χ3v) is 5.12. The van der Waals surface area contributed by atoms with E-state index in [0.29, 0.717) is 13.1 Å². The zero-order valence-corrected chi connectivity index (χ0v) is 15.7. The van der Waals surface area contributed by atoms with Crippen LogP contribution >= 0.6 is 15.9 Å². The highest BCUT2D eigenvalue weighted by molar-refractivity contribution is 9.10. The fourth-order valence-electron chi connectivity index (χ4n) is 2.99. The molecule has 1 aliphatic rings. The first-order valence-electron chi connectivity index (χ1n) is 8.33. The van der Waals surface area contributed by atoms with Crippen LogP contribution in [0.15, 0.2) is 53.0 Å². The summed E-state index contributed by atoms with van der Waals surface area (Å²) in [7, 11) is 0. The first-order chi connectivity index (χ1) is 12.5. The van der Waals surface area contributed by atoms with Gasteiger partial charge in [-0.15, -0.1) is 0 Å². The number of amides is 1. The number of piperazine rings is 1. The summed E-state index contributed by atoms with van der Waals surface area (Å²) in [4.78, 5) is 16.7. The van der Waals surface area contributed by atoms with Gasteiger partial charge in [0.15, 0.2) is 0 Å². The summed E-state index contributed by atoms with van der Waals surface area (Å²) in [6, 6.07) is 14.2. The largest absolute Gasteiger partial charge is 0.434 e. The molecule has 26 heavy (non-hydrogen) atoms. The second-order valence-electron chi connectivity index (χ2n) is 6.03. The number of benzene rings is 2. The van der Waals surface area contributed by atoms with Gasteiger partial charge < -0.3 is 9.64 Å². The van der Waals surface area contributed by atoms with E-state index in [0.717, 1.165) is 24.1 Å². The van der Waals surface area contributed by atoms with Crippen molar-refractivity contribution < 1.29 is 18.3 Å². The smallest absolute Gasteiger partial charge is 0.387 e. The molecule has 1 fully saturated rings. The van der Waals surface area contributed by atoms with Crippen molar-refractivity contribution in [2.75, 3.05) is 26.2 Å². The molecule has 0 atom stereocenters. The molecule has 0 aliphatic carbocycles. The van der Waals surface area contributed by atoms with Gasteiger partial charge in [-0.25, -0.2) is 0 Å². The van der Waals surface area contributed by atoms with E-state index < -0.39 is 6.61 Å². The van der Waals surface area contributed by atoms with Crippen LogP contribution in [0.25, 0.3) is 0 Å². The van der Waals surface area contributed by atoms with E-state index in [2.05, 4.69) is 31.6 Å². The van der Waals surface area contributed by atoms with Crippen LogP contribution in [0.2, 0.25) is 0 Å². The number of halogens is 3. The molecule has 0 bridgehead atoms. The lowest BCUT2D eigenvalue weighted by atomic mass is 10.1. The fraction of sp³-hybridized carbons (Fsp3) is 0.316. The lowest BCUT2D eigenvalue weighted by Gasteiger charge is -2.35. The quantitative estimate of drug-likeness (QED) is 0.726. The van der Waals surface area contributed by atoms with E-state index in [1.807, 2.05) is 18.2 Å². The Morgan fingerprint density at radius 2 is 1.69 bits per heavy atom. The number of hydrogen-bond acceptors (Lipinski definition) is 3. The van der Waals surface area contributed by atoms with Crippen LogP contribution in [0, 0.1) is 0 Å². The van der Waals surface area contributed by atoms with Gasteiger partial charge in [-0.2, -0.15) is 8.78 Å². The lowest BCUT2D eigenvalue weighted by molar-refractivity contribution is -0.0503. The molecule has 0 radical (unpaired) electrons. The van der Waals surface area contributed by atoms with Crippen molar-refractivity contribution in [1.82, 2.24) is 9.80 Å². The third-order valence-electron chi connectivity index (χ3n) is 4.34. The number of hydrogen-bond donors (Lipinski definition) is 0. The van der Waals surface area contributed by atoms with Crippen LogP contribution in [-0.4, -0.2) is 48.5 Å². The Morgan fingerprint density at radius 1 is 1.04 bits per heavy atom. The zero-order valence-electron chi connectivity index (χ0n) is 14.1. The number of para-hydroxylation sites is 1. The number of ether oxygens (including phenoxy) is 1. The molecule has 1 saturated heterocycles. The van der Waals surface area contributed by atoms with Crippen LogP contribution in [-0.2, 0) is 6.54 Å². The Balaban J connectivity index is 1.61. The molecule has 2 aromatic carbocycles. The van der Waals surface area contributed by atoms with Gasteiger partial charge in [-0.1, -0.05) is 46.3 Å². The predicted octanol–water partition coefficient (Wildman–Crippen LogP) is 4.01. The first-order valence-corrected chi connectivity index (χ1v) is 9.13. The summed E-state index contributed by atoms with van der Waals surface area (Å²) in [5.74, 6) is -0.357. The summed E-state index contributed by atoms with van der Waals surface area (Å²) in [6.07, 6.45) is 0. The van der Waals surface area contributed by atoms with E-state index in [-0.39, 0.29) is 17.2 Å². The maximum absolute atomic E-state index is 12.7. The van der Waals surface area contributed by atoms with Crippen molar-refractivity contribution in [1.29, 1.82) is 0 Å². The zero-order chi connectivity index (χ0) is 18.5. The van der Waals surface area contributed by atoms with Crippen molar-refractivity contribution >= 4 is 21.8 Å². The molecule has 138 valence electrons. The SMILES string of the molecule is O=C(c1ccccc1OC(F)F)N1CCN(Cc2ccccc2Br)CC1.